The van der Waals surface area contributed by atoms with Gasteiger partial charge in [0.2, 0.25) is 0 Å². The summed E-state index contributed by atoms with van der Waals surface area (Å²) in [5, 5.41) is 8.97. The van der Waals surface area contributed by atoms with Gasteiger partial charge in [0.25, 0.3) is 11.5 Å². The van der Waals surface area contributed by atoms with Gasteiger partial charge in [0.05, 0.1) is 18.8 Å². The predicted molar refractivity (Wildman–Crippen MR) is 112 cm³/mol. The minimum atomic E-state index is -0.569. The van der Waals surface area contributed by atoms with Crippen molar-refractivity contribution in [1.29, 1.82) is 0 Å². The van der Waals surface area contributed by atoms with Crippen LogP contribution in [-0.4, -0.2) is 50.6 Å². The van der Waals surface area contributed by atoms with Crippen LogP contribution in [0, 0.1) is 19.7 Å². The fraction of sp³-hybridized carbons (Fsp3) is 0.364. The van der Waals surface area contributed by atoms with Gasteiger partial charge in [-0.05, 0) is 57.0 Å². The third-order valence-corrected chi connectivity index (χ3v) is 5.53. The number of methoxy groups -OCH3 is 1. The Morgan fingerprint density at radius 2 is 1.84 bits per heavy atom. The summed E-state index contributed by atoms with van der Waals surface area (Å²) in [4.78, 5) is 26.9. The minimum absolute atomic E-state index is 0.100. The Morgan fingerprint density at radius 3 is 2.45 bits per heavy atom. The molecule has 1 amide bonds. The quantitative estimate of drug-likeness (QED) is 0.642. The second-order valence-corrected chi connectivity index (χ2v) is 7.69. The van der Waals surface area contributed by atoms with Crippen LogP contribution < -0.4 is 10.3 Å². The lowest BCUT2D eigenvalue weighted by atomic mass is 10.0. The van der Waals surface area contributed by atoms with Gasteiger partial charge in [-0.25, -0.2) is 13.8 Å². The van der Waals surface area contributed by atoms with E-state index in [1.54, 1.807) is 21.7 Å². The van der Waals surface area contributed by atoms with Crippen LogP contribution in [0.1, 0.15) is 40.6 Å². The van der Waals surface area contributed by atoms with Crippen molar-refractivity contribution < 1.29 is 13.9 Å². The number of hydrogen-bond donors (Lipinski definition) is 0. The van der Waals surface area contributed by atoms with Gasteiger partial charge in [0, 0.05) is 30.4 Å². The van der Waals surface area contributed by atoms with Crippen LogP contribution in [-0.2, 0) is 0 Å². The molecule has 8 nitrogen and oxygen atoms in total. The molecule has 1 aliphatic heterocycles. The molecule has 0 aliphatic carbocycles. The lowest BCUT2D eigenvalue weighted by molar-refractivity contribution is 0.0687. The Bertz CT molecular complexity index is 1180. The molecule has 0 N–H and O–H groups in total. The van der Waals surface area contributed by atoms with Gasteiger partial charge >= 0.3 is 0 Å². The molecular formula is C22H24FN5O3. The summed E-state index contributed by atoms with van der Waals surface area (Å²) in [6.45, 7) is 4.75. The van der Waals surface area contributed by atoms with E-state index in [9.17, 15) is 14.0 Å². The van der Waals surface area contributed by atoms with Crippen LogP contribution in [0.25, 0.3) is 5.82 Å². The van der Waals surface area contributed by atoms with E-state index in [4.69, 9.17) is 4.74 Å². The SMILES string of the molecule is COc1ccc(C(=O)N2CCC(n3nc(-n4nc(C)cc4C)ccc3=O)CC2)cc1F. The van der Waals surface area contributed by atoms with Crippen LogP contribution in [0.5, 0.6) is 5.75 Å². The van der Waals surface area contributed by atoms with E-state index in [0.29, 0.717) is 31.7 Å². The number of nitrogens with zero attached hydrogens (tertiary/aromatic N) is 5. The first-order chi connectivity index (χ1) is 14.9. The molecule has 31 heavy (non-hydrogen) atoms. The van der Waals surface area contributed by atoms with Gasteiger partial charge < -0.3 is 9.64 Å². The van der Waals surface area contributed by atoms with Crippen LogP contribution in [0.3, 0.4) is 0 Å². The second-order valence-electron chi connectivity index (χ2n) is 7.69. The maximum Gasteiger partial charge on any atom is 0.267 e. The molecular weight excluding hydrogens is 401 g/mol. The normalized spacial score (nSPS) is 14.6. The first kappa shape index (κ1) is 20.8. The van der Waals surface area contributed by atoms with Gasteiger partial charge in [0.15, 0.2) is 17.4 Å². The molecule has 9 heteroatoms. The number of amides is 1. The third-order valence-electron chi connectivity index (χ3n) is 5.53. The monoisotopic (exact) mass is 425 g/mol. The number of piperidine rings is 1. The molecule has 1 aromatic carbocycles. The summed E-state index contributed by atoms with van der Waals surface area (Å²) in [5.41, 5.74) is 1.90. The van der Waals surface area contributed by atoms with Crippen molar-refractivity contribution in [1.82, 2.24) is 24.5 Å². The maximum absolute atomic E-state index is 14.0. The molecule has 4 rings (SSSR count). The number of aryl methyl sites for hydroxylation is 2. The van der Waals surface area contributed by atoms with Crippen molar-refractivity contribution in [3.8, 4) is 11.6 Å². The van der Waals surface area contributed by atoms with Crippen LogP contribution in [0.15, 0.2) is 41.2 Å². The van der Waals surface area contributed by atoms with Gasteiger partial charge in [-0.2, -0.15) is 5.10 Å². The van der Waals surface area contributed by atoms with Crippen molar-refractivity contribution >= 4 is 5.91 Å². The average Bonchev–Trinajstić information content (AvgIpc) is 3.11. The zero-order valence-corrected chi connectivity index (χ0v) is 17.7. The van der Waals surface area contributed by atoms with Crippen LogP contribution in [0.4, 0.5) is 4.39 Å². The van der Waals surface area contributed by atoms with E-state index in [0.717, 1.165) is 11.4 Å². The average molecular weight is 425 g/mol. The molecule has 0 spiro atoms. The summed E-state index contributed by atoms with van der Waals surface area (Å²) in [7, 11) is 1.38. The van der Waals surface area contributed by atoms with Crippen LogP contribution in [0.2, 0.25) is 0 Å². The zero-order valence-electron chi connectivity index (χ0n) is 17.7. The number of hydrogen-bond acceptors (Lipinski definition) is 5. The fourth-order valence-corrected chi connectivity index (χ4v) is 3.95. The first-order valence-electron chi connectivity index (χ1n) is 10.1. The maximum atomic E-state index is 14.0. The summed E-state index contributed by atoms with van der Waals surface area (Å²) in [5.74, 6) is -0.128. The Kier molecular flexibility index (Phi) is 5.58. The summed E-state index contributed by atoms with van der Waals surface area (Å²) >= 11 is 0. The summed E-state index contributed by atoms with van der Waals surface area (Å²) in [6, 6.07) is 9.18. The molecule has 3 aromatic rings. The van der Waals surface area contributed by atoms with Crippen molar-refractivity contribution in [3.63, 3.8) is 0 Å². The Balaban J connectivity index is 1.49. The molecule has 0 atom stereocenters. The van der Waals surface area contributed by atoms with Crippen molar-refractivity contribution in [2.24, 2.45) is 0 Å². The van der Waals surface area contributed by atoms with Gasteiger partial charge in [-0.15, -0.1) is 5.10 Å². The molecule has 0 saturated carbocycles. The fourth-order valence-electron chi connectivity index (χ4n) is 3.95. The van der Waals surface area contributed by atoms with Crippen molar-refractivity contribution in [2.45, 2.75) is 32.7 Å². The highest BCUT2D eigenvalue weighted by Crippen LogP contribution is 2.24. The second kappa shape index (κ2) is 8.33. The standard InChI is InChI=1S/C22H24FN5O3/c1-14-12-15(2)27(24-14)20-6-7-21(29)28(25-20)17-8-10-26(11-9-17)22(30)16-4-5-19(31-3)18(23)13-16/h4-7,12-13,17H,8-11H2,1-3H3. The van der Waals surface area contributed by atoms with Crippen LogP contribution >= 0.6 is 0 Å². The number of likely N-dealkylation sites (tertiary alicyclic amines) is 1. The number of aromatic nitrogens is 4. The van der Waals surface area contributed by atoms with E-state index in [1.807, 2.05) is 19.9 Å². The highest BCUT2D eigenvalue weighted by atomic mass is 19.1. The number of ether oxygens (including phenoxy) is 1. The molecule has 2 aromatic heterocycles. The third kappa shape index (κ3) is 4.08. The van der Waals surface area contributed by atoms with E-state index in [-0.39, 0.29) is 28.8 Å². The van der Waals surface area contributed by atoms with E-state index < -0.39 is 5.82 Å². The zero-order chi connectivity index (χ0) is 22.1. The molecule has 1 aliphatic rings. The first-order valence-corrected chi connectivity index (χ1v) is 10.1. The van der Waals surface area contributed by atoms with Gasteiger partial charge in [-0.3, -0.25) is 9.59 Å². The summed E-state index contributed by atoms with van der Waals surface area (Å²) in [6.07, 6.45) is 1.16. The van der Waals surface area contributed by atoms with Gasteiger partial charge in [0.1, 0.15) is 0 Å². The Hall–Kier alpha value is -3.49. The largest absolute Gasteiger partial charge is 0.494 e. The molecule has 0 radical (unpaired) electrons. The molecule has 0 unspecified atom stereocenters. The number of halogens is 1. The van der Waals surface area contributed by atoms with E-state index in [1.165, 1.54) is 30.0 Å². The highest BCUT2D eigenvalue weighted by Gasteiger charge is 2.26. The number of carbonyl (C=O) groups excluding carboxylic acids is 1. The van der Waals surface area contributed by atoms with Gasteiger partial charge in [-0.1, -0.05) is 0 Å². The smallest absolute Gasteiger partial charge is 0.267 e. The number of carbonyl (C=O) groups is 1. The molecule has 1 fully saturated rings. The van der Waals surface area contributed by atoms with Crippen molar-refractivity contribution in [3.05, 3.63) is 69.5 Å². The van der Waals surface area contributed by atoms with E-state index in [2.05, 4.69) is 10.2 Å². The molecule has 3 heterocycles. The Labute approximate surface area is 178 Å². The highest BCUT2D eigenvalue weighted by molar-refractivity contribution is 5.94. The lowest BCUT2D eigenvalue weighted by Gasteiger charge is -2.32. The topological polar surface area (TPSA) is 82.2 Å². The van der Waals surface area contributed by atoms with E-state index >= 15 is 0 Å². The number of rotatable bonds is 4. The minimum Gasteiger partial charge on any atom is -0.494 e. The summed E-state index contributed by atoms with van der Waals surface area (Å²) < 4.78 is 22.1. The Morgan fingerprint density at radius 1 is 1.10 bits per heavy atom. The van der Waals surface area contributed by atoms with Crippen molar-refractivity contribution in [2.75, 3.05) is 20.2 Å². The molecule has 0 bridgehead atoms. The lowest BCUT2D eigenvalue weighted by Crippen LogP contribution is -2.41. The predicted octanol–water partition coefficient (Wildman–Crippen LogP) is 2.67. The molecule has 1 saturated heterocycles. The molecule has 162 valence electrons. The number of benzene rings is 1.